The number of rotatable bonds is 5. The first-order valence-electron chi connectivity index (χ1n) is 6.72. The molecule has 3 N–H and O–H groups in total. The van der Waals surface area contributed by atoms with Crippen molar-refractivity contribution < 1.29 is 9.53 Å². The Morgan fingerprint density at radius 2 is 2.19 bits per heavy atom. The molecule has 0 saturated carbocycles. The van der Waals surface area contributed by atoms with E-state index in [0.29, 0.717) is 11.4 Å². The van der Waals surface area contributed by atoms with E-state index in [0.717, 1.165) is 11.3 Å². The highest BCUT2D eigenvalue weighted by Gasteiger charge is 2.11. The van der Waals surface area contributed by atoms with Crippen molar-refractivity contribution in [2.24, 2.45) is 0 Å². The molecule has 1 heterocycles. The number of nitrogens with zero attached hydrogens (tertiary/aromatic N) is 1. The van der Waals surface area contributed by atoms with Crippen molar-refractivity contribution >= 4 is 11.6 Å². The van der Waals surface area contributed by atoms with E-state index < -0.39 is 0 Å². The molecule has 1 aromatic carbocycles. The SMILES string of the molecule is COc1cccc(C(C)NC(=O)Cc2ccc(N)cn2)c1. The number of benzene rings is 1. The molecule has 0 saturated heterocycles. The predicted molar refractivity (Wildman–Crippen MR) is 81.9 cm³/mol. The predicted octanol–water partition coefficient (Wildman–Crippen LogP) is 2.09. The molecule has 0 fully saturated rings. The summed E-state index contributed by atoms with van der Waals surface area (Å²) in [5.41, 5.74) is 7.84. The van der Waals surface area contributed by atoms with E-state index in [9.17, 15) is 4.79 Å². The number of carbonyl (C=O) groups excluding carboxylic acids is 1. The van der Waals surface area contributed by atoms with E-state index in [1.165, 1.54) is 0 Å². The lowest BCUT2D eigenvalue weighted by molar-refractivity contribution is -0.121. The zero-order valence-corrected chi connectivity index (χ0v) is 12.2. The molecule has 1 atom stereocenters. The van der Waals surface area contributed by atoms with Crippen LogP contribution in [-0.4, -0.2) is 18.0 Å². The lowest BCUT2D eigenvalue weighted by atomic mass is 10.1. The first-order chi connectivity index (χ1) is 10.1. The van der Waals surface area contributed by atoms with E-state index in [-0.39, 0.29) is 18.4 Å². The van der Waals surface area contributed by atoms with Gasteiger partial charge in [-0.05, 0) is 36.8 Å². The van der Waals surface area contributed by atoms with Crippen LogP contribution in [0.15, 0.2) is 42.6 Å². The summed E-state index contributed by atoms with van der Waals surface area (Å²) in [6, 6.07) is 11.0. The molecule has 0 radical (unpaired) electrons. The average Bonchev–Trinajstić information content (AvgIpc) is 2.49. The number of nitrogens with one attached hydrogen (secondary N) is 1. The molecule has 5 nitrogen and oxygen atoms in total. The van der Waals surface area contributed by atoms with Crippen LogP contribution in [0.3, 0.4) is 0 Å². The molecule has 1 aromatic heterocycles. The Labute approximate surface area is 124 Å². The highest BCUT2D eigenvalue weighted by Crippen LogP contribution is 2.18. The number of nitrogen functional groups attached to an aromatic ring is 1. The van der Waals surface area contributed by atoms with Crippen molar-refractivity contribution in [2.45, 2.75) is 19.4 Å². The third-order valence-electron chi connectivity index (χ3n) is 3.16. The second-order valence-electron chi connectivity index (χ2n) is 4.83. The lowest BCUT2D eigenvalue weighted by Gasteiger charge is -2.15. The summed E-state index contributed by atoms with van der Waals surface area (Å²) in [6.45, 7) is 1.93. The molecule has 0 aliphatic rings. The molecule has 0 aliphatic carbocycles. The van der Waals surface area contributed by atoms with Crippen LogP contribution in [0.2, 0.25) is 0 Å². The van der Waals surface area contributed by atoms with Crippen molar-refractivity contribution in [3.8, 4) is 5.75 Å². The summed E-state index contributed by atoms with van der Waals surface area (Å²) in [4.78, 5) is 16.1. The number of methoxy groups -OCH3 is 1. The summed E-state index contributed by atoms with van der Waals surface area (Å²) >= 11 is 0. The van der Waals surface area contributed by atoms with Gasteiger partial charge in [0.1, 0.15) is 5.75 Å². The van der Waals surface area contributed by atoms with Crippen LogP contribution >= 0.6 is 0 Å². The summed E-state index contributed by atoms with van der Waals surface area (Å²) < 4.78 is 5.18. The fourth-order valence-electron chi connectivity index (χ4n) is 1.99. The van der Waals surface area contributed by atoms with Crippen LogP contribution in [0.1, 0.15) is 24.2 Å². The molecule has 21 heavy (non-hydrogen) atoms. The van der Waals surface area contributed by atoms with Crippen LogP contribution in [0.4, 0.5) is 5.69 Å². The van der Waals surface area contributed by atoms with Gasteiger partial charge in [-0.2, -0.15) is 0 Å². The summed E-state index contributed by atoms with van der Waals surface area (Å²) in [6.07, 6.45) is 1.78. The van der Waals surface area contributed by atoms with E-state index in [1.54, 1.807) is 25.4 Å². The molecule has 1 amide bonds. The number of carbonyl (C=O) groups is 1. The normalized spacial score (nSPS) is 11.7. The number of pyridine rings is 1. The van der Waals surface area contributed by atoms with E-state index in [2.05, 4.69) is 10.3 Å². The number of amides is 1. The zero-order valence-electron chi connectivity index (χ0n) is 12.2. The first-order valence-corrected chi connectivity index (χ1v) is 6.72. The molecule has 5 heteroatoms. The average molecular weight is 285 g/mol. The lowest BCUT2D eigenvalue weighted by Crippen LogP contribution is -2.28. The number of hydrogen-bond acceptors (Lipinski definition) is 4. The van der Waals surface area contributed by atoms with Crippen molar-refractivity contribution in [1.82, 2.24) is 10.3 Å². The van der Waals surface area contributed by atoms with Gasteiger partial charge in [-0.1, -0.05) is 12.1 Å². The number of hydrogen-bond donors (Lipinski definition) is 2. The summed E-state index contributed by atoms with van der Waals surface area (Å²) in [5.74, 6) is 0.691. The molecule has 2 aromatic rings. The van der Waals surface area contributed by atoms with Crippen molar-refractivity contribution in [1.29, 1.82) is 0 Å². The number of nitrogens with two attached hydrogens (primary N) is 1. The highest BCUT2D eigenvalue weighted by molar-refractivity contribution is 5.78. The smallest absolute Gasteiger partial charge is 0.226 e. The van der Waals surface area contributed by atoms with E-state index in [1.807, 2.05) is 31.2 Å². The van der Waals surface area contributed by atoms with Crippen molar-refractivity contribution in [2.75, 3.05) is 12.8 Å². The Bertz CT molecular complexity index is 611. The Morgan fingerprint density at radius 1 is 1.38 bits per heavy atom. The molecule has 2 rings (SSSR count). The molecule has 1 unspecified atom stereocenters. The summed E-state index contributed by atoms with van der Waals surface area (Å²) in [5, 5.41) is 2.94. The van der Waals surface area contributed by atoms with Crippen LogP contribution < -0.4 is 15.8 Å². The monoisotopic (exact) mass is 285 g/mol. The second-order valence-corrected chi connectivity index (χ2v) is 4.83. The van der Waals surface area contributed by atoms with E-state index in [4.69, 9.17) is 10.5 Å². The number of anilines is 1. The third kappa shape index (κ3) is 4.21. The maximum Gasteiger partial charge on any atom is 0.226 e. The Morgan fingerprint density at radius 3 is 2.86 bits per heavy atom. The quantitative estimate of drug-likeness (QED) is 0.882. The maximum atomic E-state index is 12.0. The maximum absolute atomic E-state index is 12.0. The number of ether oxygens (including phenoxy) is 1. The largest absolute Gasteiger partial charge is 0.497 e. The zero-order chi connectivity index (χ0) is 15.2. The number of aromatic nitrogens is 1. The third-order valence-corrected chi connectivity index (χ3v) is 3.16. The first kappa shape index (κ1) is 14.8. The van der Waals surface area contributed by atoms with Gasteiger partial charge in [-0.3, -0.25) is 9.78 Å². The topological polar surface area (TPSA) is 77.2 Å². The van der Waals surface area contributed by atoms with Gasteiger partial charge in [0.2, 0.25) is 5.91 Å². The van der Waals surface area contributed by atoms with Crippen LogP contribution in [0.25, 0.3) is 0 Å². The Kier molecular flexibility index (Phi) is 4.77. The highest BCUT2D eigenvalue weighted by atomic mass is 16.5. The van der Waals surface area contributed by atoms with Gasteiger partial charge in [0.05, 0.1) is 31.5 Å². The van der Waals surface area contributed by atoms with E-state index >= 15 is 0 Å². The minimum atomic E-state index is -0.0959. The standard InChI is InChI=1S/C16H19N3O2/c1-11(12-4-3-5-15(8-12)21-2)19-16(20)9-14-7-6-13(17)10-18-14/h3-8,10-11H,9,17H2,1-2H3,(H,19,20). The van der Waals surface area contributed by atoms with Crippen LogP contribution in [0.5, 0.6) is 5.75 Å². The van der Waals surface area contributed by atoms with Crippen molar-refractivity contribution in [3.05, 3.63) is 53.9 Å². The minimum absolute atomic E-state index is 0.0809. The Hall–Kier alpha value is -2.56. The van der Waals surface area contributed by atoms with Crippen molar-refractivity contribution in [3.63, 3.8) is 0 Å². The summed E-state index contributed by atoms with van der Waals surface area (Å²) in [7, 11) is 1.62. The fraction of sp³-hybridized carbons (Fsp3) is 0.250. The molecule has 110 valence electrons. The van der Waals surface area contributed by atoms with Crippen LogP contribution in [0, 0.1) is 0 Å². The molecule has 0 spiro atoms. The van der Waals surface area contributed by atoms with Gasteiger partial charge in [-0.25, -0.2) is 0 Å². The van der Waals surface area contributed by atoms with Gasteiger partial charge < -0.3 is 15.8 Å². The fourth-order valence-corrected chi connectivity index (χ4v) is 1.99. The van der Waals surface area contributed by atoms with Gasteiger partial charge >= 0.3 is 0 Å². The van der Waals surface area contributed by atoms with Gasteiger partial charge in [0, 0.05) is 5.69 Å². The molecular formula is C16H19N3O2. The van der Waals surface area contributed by atoms with Gasteiger partial charge in [0.25, 0.3) is 0 Å². The second kappa shape index (κ2) is 6.74. The van der Waals surface area contributed by atoms with Gasteiger partial charge in [0.15, 0.2) is 0 Å². The molecule has 0 aliphatic heterocycles. The minimum Gasteiger partial charge on any atom is -0.497 e. The van der Waals surface area contributed by atoms with Gasteiger partial charge in [-0.15, -0.1) is 0 Å². The molecular weight excluding hydrogens is 266 g/mol. The van der Waals surface area contributed by atoms with Crippen LogP contribution in [-0.2, 0) is 11.2 Å². The molecule has 0 bridgehead atoms. The Balaban J connectivity index is 1.96.